The number of aliphatic imine (C=N–C) groups is 1. The molecule has 0 saturated heterocycles. The lowest BCUT2D eigenvalue weighted by Gasteiger charge is -2.12. The predicted octanol–water partition coefficient (Wildman–Crippen LogP) is 3.55. The normalized spacial score (nSPS) is 11.3. The molecule has 0 radical (unpaired) electrons. The number of aryl methyl sites for hydroxylation is 2. The highest BCUT2D eigenvalue weighted by Gasteiger charge is 2.08. The minimum Gasteiger partial charge on any atom is -0.356 e. The molecule has 0 aliphatic rings. The van der Waals surface area contributed by atoms with Crippen molar-refractivity contribution in [3.63, 3.8) is 0 Å². The fraction of sp³-hybridized carbons (Fsp3) is 0.300. The number of halogens is 2. The van der Waals surface area contributed by atoms with Gasteiger partial charge in [-0.25, -0.2) is 9.37 Å². The van der Waals surface area contributed by atoms with E-state index < -0.39 is 0 Å². The van der Waals surface area contributed by atoms with Crippen LogP contribution in [0.15, 0.2) is 47.5 Å². The Morgan fingerprint density at radius 3 is 2.67 bits per heavy atom. The zero-order valence-electron chi connectivity index (χ0n) is 15.8. The average Bonchev–Trinajstić information content (AvgIpc) is 2.96. The quantitative estimate of drug-likeness (QED) is 0.333. The molecule has 0 bridgehead atoms. The number of hydrogen-bond acceptors (Lipinski definition) is 2. The first kappa shape index (κ1) is 21.1. The summed E-state index contributed by atoms with van der Waals surface area (Å²) >= 11 is 0. The second-order valence-electron chi connectivity index (χ2n) is 6.25. The van der Waals surface area contributed by atoms with Gasteiger partial charge in [0.1, 0.15) is 11.6 Å². The monoisotopic (exact) mass is 481 g/mol. The highest BCUT2D eigenvalue weighted by atomic mass is 127. The Morgan fingerprint density at radius 1 is 1.19 bits per heavy atom. The molecule has 3 aromatic rings. The Kier molecular flexibility index (Phi) is 7.58. The third-order valence-corrected chi connectivity index (χ3v) is 4.51. The van der Waals surface area contributed by atoms with Crippen molar-refractivity contribution in [1.82, 2.24) is 20.2 Å². The molecule has 3 rings (SSSR count). The SMILES string of the molecule is CN=C(NCCc1ccc(F)cc1C)NCc1nc2ccccc2n1C.I. The molecule has 144 valence electrons. The van der Waals surface area contributed by atoms with Crippen molar-refractivity contribution in [2.24, 2.45) is 12.0 Å². The van der Waals surface area contributed by atoms with Gasteiger partial charge in [-0.3, -0.25) is 4.99 Å². The number of nitrogens with zero attached hydrogens (tertiary/aromatic N) is 3. The minimum absolute atomic E-state index is 0. The van der Waals surface area contributed by atoms with Crippen LogP contribution in [0.3, 0.4) is 0 Å². The molecule has 0 fully saturated rings. The largest absolute Gasteiger partial charge is 0.356 e. The zero-order valence-corrected chi connectivity index (χ0v) is 18.1. The molecule has 2 N–H and O–H groups in total. The third kappa shape index (κ3) is 5.18. The van der Waals surface area contributed by atoms with Gasteiger partial charge < -0.3 is 15.2 Å². The van der Waals surface area contributed by atoms with E-state index in [4.69, 9.17) is 0 Å². The maximum atomic E-state index is 13.2. The minimum atomic E-state index is -0.195. The van der Waals surface area contributed by atoms with Crippen molar-refractivity contribution in [2.75, 3.05) is 13.6 Å². The molecule has 1 aromatic heterocycles. The lowest BCUT2D eigenvalue weighted by molar-refractivity contribution is 0.625. The lowest BCUT2D eigenvalue weighted by Crippen LogP contribution is -2.38. The van der Waals surface area contributed by atoms with Gasteiger partial charge in [-0.2, -0.15) is 0 Å². The molecule has 0 atom stereocenters. The van der Waals surface area contributed by atoms with Gasteiger partial charge in [0.2, 0.25) is 0 Å². The number of rotatable bonds is 5. The van der Waals surface area contributed by atoms with Gasteiger partial charge in [-0.15, -0.1) is 24.0 Å². The molecule has 0 amide bonds. The van der Waals surface area contributed by atoms with Gasteiger partial charge in [0, 0.05) is 20.6 Å². The summed E-state index contributed by atoms with van der Waals surface area (Å²) in [5.41, 5.74) is 4.19. The topological polar surface area (TPSA) is 54.2 Å². The number of guanidine groups is 1. The van der Waals surface area contributed by atoms with Crippen LogP contribution >= 0.6 is 24.0 Å². The van der Waals surface area contributed by atoms with Crippen LogP contribution in [-0.2, 0) is 20.0 Å². The molecule has 1 heterocycles. The van der Waals surface area contributed by atoms with Gasteiger partial charge in [0.05, 0.1) is 17.6 Å². The van der Waals surface area contributed by atoms with Crippen LogP contribution in [-0.4, -0.2) is 29.1 Å². The molecular weight excluding hydrogens is 456 g/mol. The van der Waals surface area contributed by atoms with E-state index in [1.165, 1.54) is 6.07 Å². The number of aromatic nitrogens is 2. The molecule has 5 nitrogen and oxygen atoms in total. The van der Waals surface area contributed by atoms with Gasteiger partial charge in [-0.1, -0.05) is 18.2 Å². The second kappa shape index (κ2) is 9.68. The standard InChI is InChI=1S/C20H24FN5.HI/c1-14-12-16(21)9-8-15(14)10-11-23-20(22-2)24-13-19-25-17-6-4-5-7-18(17)26(19)3;/h4-9,12H,10-11,13H2,1-3H3,(H2,22,23,24);1H. The van der Waals surface area contributed by atoms with Crippen LogP contribution in [0.5, 0.6) is 0 Å². The van der Waals surface area contributed by atoms with Crippen LogP contribution in [0, 0.1) is 12.7 Å². The van der Waals surface area contributed by atoms with E-state index in [2.05, 4.69) is 31.2 Å². The van der Waals surface area contributed by atoms with Crippen LogP contribution in [0.1, 0.15) is 17.0 Å². The fourth-order valence-corrected chi connectivity index (χ4v) is 2.99. The highest BCUT2D eigenvalue weighted by molar-refractivity contribution is 14.0. The number of imidazole rings is 1. The zero-order chi connectivity index (χ0) is 18.5. The Balaban J connectivity index is 0.00000261. The van der Waals surface area contributed by atoms with Crippen molar-refractivity contribution in [1.29, 1.82) is 0 Å². The lowest BCUT2D eigenvalue weighted by atomic mass is 10.1. The molecule has 0 aliphatic heterocycles. The Hall–Kier alpha value is -2.16. The molecule has 0 saturated carbocycles. The first-order chi connectivity index (χ1) is 12.6. The van der Waals surface area contributed by atoms with E-state index >= 15 is 0 Å². The Morgan fingerprint density at radius 2 is 1.96 bits per heavy atom. The number of benzene rings is 2. The van der Waals surface area contributed by atoms with E-state index in [0.29, 0.717) is 13.1 Å². The van der Waals surface area contributed by atoms with Crippen LogP contribution in [0.2, 0.25) is 0 Å². The number of fused-ring (bicyclic) bond motifs is 1. The second-order valence-corrected chi connectivity index (χ2v) is 6.25. The first-order valence-corrected chi connectivity index (χ1v) is 8.68. The predicted molar refractivity (Wildman–Crippen MR) is 119 cm³/mol. The highest BCUT2D eigenvalue weighted by Crippen LogP contribution is 2.14. The van der Waals surface area contributed by atoms with Crippen molar-refractivity contribution < 1.29 is 4.39 Å². The number of para-hydroxylation sites is 2. The average molecular weight is 481 g/mol. The Bertz CT molecular complexity index is 935. The molecule has 0 spiro atoms. The van der Waals surface area contributed by atoms with E-state index in [1.807, 2.05) is 38.2 Å². The van der Waals surface area contributed by atoms with Gasteiger partial charge in [0.15, 0.2) is 5.96 Å². The molecule has 0 aliphatic carbocycles. The van der Waals surface area contributed by atoms with Gasteiger partial charge in [0.25, 0.3) is 0 Å². The smallest absolute Gasteiger partial charge is 0.191 e. The summed E-state index contributed by atoms with van der Waals surface area (Å²) in [6, 6.07) is 13.0. The summed E-state index contributed by atoms with van der Waals surface area (Å²) in [6.07, 6.45) is 0.805. The van der Waals surface area contributed by atoms with Crippen molar-refractivity contribution >= 4 is 41.0 Å². The summed E-state index contributed by atoms with van der Waals surface area (Å²) in [6.45, 7) is 3.23. The molecule has 0 unspecified atom stereocenters. The van der Waals surface area contributed by atoms with E-state index in [9.17, 15) is 4.39 Å². The van der Waals surface area contributed by atoms with Gasteiger partial charge in [-0.05, 0) is 48.7 Å². The van der Waals surface area contributed by atoms with Crippen LogP contribution in [0.25, 0.3) is 11.0 Å². The summed E-state index contributed by atoms with van der Waals surface area (Å²) in [7, 11) is 3.76. The maximum absolute atomic E-state index is 13.2. The summed E-state index contributed by atoms with van der Waals surface area (Å²) < 4.78 is 15.3. The fourth-order valence-electron chi connectivity index (χ4n) is 2.99. The van der Waals surface area contributed by atoms with Crippen molar-refractivity contribution in [3.05, 3.63) is 65.2 Å². The Labute approximate surface area is 176 Å². The summed E-state index contributed by atoms with van der Waals surface area (Å²) in [5.74, 6) is 1.47. The van der Waals surface area contributed by atoms with Crippen LogP contribution in [0.4, 0.5) is 4.39 Å². The van der Waals surface area contributed by atoms with E-state index in [-0.39, 0.29) is 29.8 Å². The maximum Gasteiger partial charge on any atom is 0.191 e. The summed E-state index contributed by atoms with van der Waals surface area (Å²) in [5, 5.41) is 6.58. The van der Waals surface area contributed by atoms with Crippen molar-refractivity contribution in [2.45, 2.75) is 19.9 Å². The third-order valence-electron chi connectivity index (χ3n) is 4.51. The number of nitrogens with one attached hydrogen (secondary N) is 2. The molecular formula is C20H25FIN5. The molecule has 27 heavy (non-hydrogen) atoms. The van der Waals surface area contributed by atoms with E-state index in [0.717, 1.165) is 40.4 Å². The van der Waals surface area contributed by atoms with Gasteiger partial charge >= 0.3 is 0 Å². The summed E-state index contributed by atoms with van der Waals surface area (Å²) in [4.78, 5) is 8.90. The first-order valence-electron chi connectivity index (χ1n) is 8.68. The number of hydrogen-bond donors (Lipinski definition) is 2. The molecule has 7 heteroatoms. The molecule has 2 aromatic carbocycles. The van der Waals surface area contributed by atoms with Crippen LogP contribution < -0.4 is 10.6 Å². The van der Waals surface area contributed by atoms with E-state index in [1.54, 1.807) is 13.1 Å². The van der Waals surface area contributed by atoms with Crippen molar-refractivity contribution in [3.8, 4) is 0 Å².